The minimum Gasteiger partial charge on any atom is -0.387 e. The highest BCUT2D eigenvalue weighted by Crippen LogP contribution is 2.21. The van der Waals surface area contributed by atoms with Crippen molar-refractivity contribution in [3.05, 3.63) is 34.9 Å². The maximum atomic E-state index is 11.8. The lowest BCUT2D eigenvalue weighted by molar-refractivity contribution is -0.137. The topological polar surface area (TPSA) is 69.6 Å². The van der Waals surface area contributed by atoms with Crippen LogP contribution in [0.2, 0.25) is 5.02 Å². The van der Waals surface area contributed by atoms with E-state index in [4.69, 9.17) is 11.6 Å². The lowest BCUT2D eigenvalue weighted by atomic mass is 10.1. The molecule has 1 heterocycles. The summed E-state index contributed by atoms with van der Waals surface area (Å²) in [4.78, 5) is 25.0. The summed E-state index contributed by atoms with van der Waals surface area (Å²) in [6.45, 7) is 0.748. The van der Waals surface area contributed by atoms with Crippen LogP contribution in [0, 0.1) is 0 Å². The van der Waals surface area contributed by atoms with Crippen molar-refractivity contribution in [2.45, 2.75) is 25.4 Å². The van der Waals surface area contributed by atoms with Gasteiger partial charge in [0, 0.05) is 30.1 Å². The van der Waals surface area contributed by atoms with Gasteiger partial charge in [-0.2, -0.15) is 0 Å². The van der Waals surface area contributed by atoms with Crippen LogP contribution >= 0.6 is 11.6 Å². The van der Waals surface area contributed by atoms with Gasteiger partial charge in [0.1, 0.15) is 0 Å². The van der Waals surface area contributed by atoms with Crippen molar-refractivity contribution in [1.29, 1.82) is 0 Å². The molecule has 2 rings (SSSR count). The molecule has 1 aromatic rings. The van der Waals surface area contributed by atoms with E-state index < -0.39 is 6.10 Å². The van der Waals surface area contributed by atoms with E-state index >= 15 is 0 Å². The lowest BCUT2D eigenvalue weighted by Gasteiger charge is -2.26. The van der Waals surface area contributed by atoms with Gasteiger partial charge >= 0.3 is 0 Å². The molecule has 114 valence electrons. The number of aliphatic hydroxyl groups is 1. The summed E-state index contributed by atoms with van der Waals surface area (Å²) in [6.07, 6.45) is 1.47. The molecule has 0 radical (unpaired) electrons. The van der Waals surface area contributed by atoms with Gasteiger partial charge in [-0.05, 0) is 18.9 Å². The Morgan fingerprint density at radius 1 is 1.38 bits per heavy atom. The first kappa shape index (κ1) is 15.8. The summed E-state index contributed by atoms with van der Waals surface area (Å²) in [6, 6.07) is 6.96. The number of halogens is 1. The maximum Gasteiger partial charge on any atom is 0.239 e. The summed E-state index contributed by atoms with van der Waals surface area (Å²) in [5.41, 5.74) is 0.577. The highest BCUT2D eigenvalue weighted by molar-refractivity contribution is 6.31. The predicted octanol–water partition coefficient (Wildman–Crippen LogP) is 1.50. The van der Waals surface area contributed by atoms with Gasteiger partial charge in [0.2, 0.25) is 11.8 Å². The van der Waals surface area contributed by atoms with Gasteiger partial charge in [-0.1, -0.05) is 29.8 Å². The second kappa shape index (κ2) is 7.43. The van der Waals surface area contributed by atoms with Crippen LogP contribution in [-0.2, 0) is 9.59 Å². The number of hydrogen-bond donors (Lipinski definition) is 2. The van der Waals surface area contributed by atoms with Crippen LogP contribution in [0.15, 0.2) is 24.3 Å². The Labute approximate surface area is 128 Å². The second-order valence-corrected chi connectivity index (χ2v) is 5.52. The number of amides is 2. The minimum absolute atomic E-state index is 0.0167. The van der Waals surface area contributed by atoms with Gasteiger partial charge < -0.3 is 15.3 Å². The maximum absolute atomic E-state index is 11.8. The molecule has 21 heavy (non-hydrogen) atoms. The molecule has 1 aliphatic heterocycles. The van der Waals surface area contributed by atoms with Crippen LogP contribution in [0.3, 0.4) is 0 Å². The van der Waals surface area contributed by atoms with Gasteiger partial charge in [0.05, 0.1) is 12.6 Å². The van der Waals surface area contributed by atoms with E-state index in [-0.39, 0.29) is 24.9 Å². The first-order chi connectivity index (χ1) is 10.1. The molecule has 2 N–H and O–H groups in total. The fraction of sp³-hybridized carbons (Fsp3) is 0.467. The number of aliphatic hydroxyl groups excluding tert-OH is 1. The molecule has 0 saturated carbocycles. The Bertz CT molecular complexity index is 521. The standard InChI is InChI=1S/C15H19ClN2O3/c16-12-6-2-1-5-11(12)13(19)9-17-14(20)10-18-8-4-3-7-15(18)21/h1-2,5-6,13,19H,3-4,7-10H2,(H,17,20). The number of rotatable bonds is 5. The molecule has 1 fully saturated rings. The third-order valence-electron chi connectivity index (χ3n) is 3.51. The lowest BCUT2D eigenvalue weighted by Crippen LogP contribution is -2.43. The molecule has 0 aromatic heterocycles. The van der Waals surface area contributed by atoms with Gasteiger partial charge in [0.25, 0.3) is 0 Å². The molecule has 1 aliphatic rings. The molecular formula is C15H19ClN2O3. The number of piperidine rings is 1. The molecular weight excluding hydrogens is 292 g/mol. The number of likely N-dealkylation sites (tertiary alicyclic amines) is 1. The van der Waals surface area contributed by atoms with E-state index in [1.165, 1.54) is 0 Å². The summed E-state index contributed by atoms with van der Waals surface area (Å²) in [5, 5.41) is 13.1. The average Bonchev–Trinajstić information content (AvgIpc) is 2.48. The molecule has 1 saturated heterocycles. The summed E-state index contributed by atoms with van der Waals surface area (Å²) < 4.78 is 0. The fourth-order valence-corrected chi connectivity index (χ4v) is 2.59. The van der Waals surface area contributed by atoms with E-state index in [9.17, 15) is 14.7 Å². The molecule has 5 nitrogen and oxygen atoms in total. The third kappa shape index (κ3) is 4.44. The Balaban J connectivity index is 1.81. The number of hydrogen-bond acceptors (Lipinski definition) is 3. The van der Waals surface area contributed by atoms with Crippen molar-refractivity contribution in [1.82, 2.24) is 10.2 Å². The molecule has 1 aromatic carbocycles. The highest BCUT2D eigenvalue weighted by atomic mass is 35.5. The van der Waals surface area contributed by atoms with Crippen LogP contribution in [-0.4, -0.2) is 41.5 Å². The van der Waals surface area contributed by atoms with E-state index in [1.54, 1.807) is 29.2 Å². The van der Waals surface area contributed by atoms with Gasteiger partial charge in [-0.25, -0.2) is 0 Å². The second-order valence-electron chi connectivity index (χ2n) is 5.11. The average molecular weight is 311 g/mol. The van der Waals surface area contributed by atoms with Crippen LogP contribution in [0.25, 0.3) is 0 Å². The Kier molecular flexibility index (Phi) is 5.59. The minimum atomic E-state index is -0.861. The zero-order valence-corrected chi connectivity index (χ0v) is 12.5. The van der Waals surface area contributed by atoms with Crippen molar-refractivity contribution in [2.75, 3.05) is 19.6 Å². The van der Waals surface area contributed by atoms with Crippen molar-refractivity contribution in [3.8, 4) is 0 Å². The Morgan fingerprint density at radius 2 is 2.14 bits per heavy atom. The largest absolute Gasteiger partial charge is 0.387 e. The van der Waals surface area contributed by atoms with E-state index in [2.05, 4.69) is 5.32 Å². The van der Waals surface area contributed by atoms with E-state index in [1.807, 2.05) is 0 Å². The number of carbonyl (C=O) groups excluding carboxylic acids is 2. The van der Waals surface area contributed by atoms with Crippen LogP contribution in [0.1, 0.15) is 30.9 Å². The molecule has 6 heteroatoms. The zero-order valence-electron chi connectivity index (χ0n) is 11.7. The Morgan fingerprint density at radius 3 is 2.86 bits per heavy atom. The van der Waals surface area contributed by atoms with Gasteiger partial charge in [-0.3, -0.25) is 9.59 Å². The van der Waals surface area contributed by atoms with Crippen LogP contribution in [0.5, 0.6) is 0 Å². The van der Waals surface area contributed by atoms with Crippen LogP contribution in [0.4, 0.5) is 0 Å². The third-order valence-corrected chi connectivity index (χ3v) is 3.86. The SMILES string of the molecule is O=C(CN1CCCCC1=O)NCC(O)c1ccccc1Cl. The highest BCUT2D eigenvalue weighted by Gasteiger charge is 2.20. The first-order valence-corrected chi connectivity index (χ1v) is 7.42. The predicted molar refractivity (Wildman–Crippen MR) is 79.9 cm³/mol. The summed E-state index contributed by atoms with van der Waals surface area (Å²) in [5.74, 6) is -0.251. The molecule has 0 bridgehead atoms. The number of nitrogens with zero attached hydrogens (tertiary/aromatic N) is 1. The normalized spacial score (nSPS) is 16.7. The Hall–Kier alpha value is -1.59. The van der Waals surface area contributed by atoms with Crippen LogP contribution < -0.4 is 5.32 Å². The van der Waals surface area contributed by atoms with Crippen molar-refractivity contribution in [2.24, 2.45) is 0 Å². The smallest absolute Gasteiger partial charge is 0.239 e. The number of nitrogens with one attached hydrogen (secondary N) is 1. The van der Waals surface area contributed by atoms with E-state index in [0.29, 0.717) is 23.6 Å². The molecule has 0 aliphatic carbocycles. The number of carbonyl (C=O) groups is 2. The molecule has 1 unspecified atom stereocenters. The molecule has 2 amide bonds. The zero-order chi connectivity index (χ0) is 15.2. The number of benzene rings is 1. The van der Waals surface area contributed by atoms with Crippen molar-refractivity contribution in [3.63, 3.8) is 0 Å². The first-order valence-electron chi connectivity index (χ1n) is 7.05. The molecule has 0 spiro atoms. The molecule has 1 atom stereocenters. The summed E-state index contributed by atoms with van der Waals surface area (Å²) in [7, 11) is 0. The van der Waals surface area contributed by atoms with Crippen molar-refractivity contribution < 1.29 is 14.7 Å². The van der Waals surface area contributed by atoms with Gasteiger partial charge in [0.15, 0.2) is 0 Å². The van der Waals surface area contributed by atoms with Gasteiger partial charge in [-0.15, -0.1) is 0 Å². The summed E-state index contributed by atoms with van der Waals surface area (Å²) >= 11 is 5.98. The quantitative estimate of drug-likeness (QED) is 0.866. The monoisotopic (exact) mass is 310 g/mol. The van der Waals surface area contributed by atoms with E-state index in [0.717, 1.165) is 12.8 Å². The fourth-order valence-electron chi connectivity index (χ4n) is 2.32. The van der Waals surface area contributed by atoms with Crippen molar-refractivity contribution >= 4 is 23.4 Å².